The minimum Gasteiger partial charge on any atom is -0.207 e. The number of hydrogen-bond acceptors (Lipinski definition) is 0. The van der Waals surface area contributed by atoms with Crippen molar-refractivity contribution in [2.75, 3.05) is 0 Å². The predicted molar refractivity (Wildman–Crippen MR) is 80.5 cm³/mol. The van der Waals surface area contributed by atoms with Crippen LogP contribution in [0.2, 0.25) is 0 Å². The molecule has 0 aromatic heterocycles. The van der Waals surface area contributed by atoms with Gasteiger partial charge in [0, 0.05) is 0 Å². The Labute approximate surface area is 113 Å². The third kappa shape index (κ3) is 13.5. The summed E-state index contributed by atoms with van der Waals surface area (Å²) in [5.74, 6) is -0.0894. The lowest BCUT2D eigenvalue weighted by Crippen LogP contribution is -1.80. The second-order valence-electron chi connectivity index (χ2n) is 5.02. The van der Waals surface area contributed by atoms with Gasteiger partial charge in [-0.2, -0.15) is 0 Å². The fourth-order valence-corrected chi connectivity index (χ4v) is 2.03. The van der Waals surface area contributed by atoms with Crippen LogP contribution in [0.15, 0.2) is 24.1 Å². The Balaban J connectivity index is 3.18. The molecule has 1 heteroatoms. The van der Waals surface area contributed by atoms with Crippen LogP contribution in [0.3, 0.4) is 0 Å². The van der Waals surface area contributed by atoms with Crippen molar-refractivity contribution in [2.24, 2.45) is 0 Å². The van der Waals surface area contributed by atoms with Crippen molar-refractivity contribution in [1.29, 1.82) is 0 Å². The highest BCUT2D eigenvalue weighted by molar-refractivity contribution is 5.10. The predicted octanol–water partition coefficient (Wildman–Crippen LogP) is 6.73. The lowest BCUT2D eigenvalue weighted by atomic mass is 10.1. The molecule has 18 heavy (non-hydrogen) atoms. The summed E-state index contributed by atoms with van der Waals surface area (Å²) in [5, 5.41) is 0. The van der Waals surface area contributed by atoms with Gasteiger partial charge in [-0.25, -0.2) is 4.39 Å². The van der Waals surface area contributed by atoms with Crippen LogP contribution < -0.4 is 0 Å². The van der Waals surface area contributed by atoms with Gasteiger partial charge in [-0.15, -0.1) is 0 Å². The summed E-state index contributed by atoms with van der Waals surface area (Å²) in [6.45, 7) is 4.21. The smallest absolute Gasteiger partial charge is 0.118 e. The summed E-state index contributed by atoms with van der Waals surface area (Å²) >= 11 is 0. The first-order valence-electron chi connectivity index (χ1n) is 7.83. The number of halogens is 1. The molecule has 0 aromatic carbocycles. The van der Waals surface area contributed by atoms with Gasteiger partial charge in [0.2, 0.25) is 0 Å². The van der Waals surface area contributed by atoms with Crippen LogP contribution in [0.4, 0.5) is 4.39 Å². The van der Waals surface area contributed by atoms with Crippen LogP contribution in [0.5, 0.6) is 0 Å². The maximum atomic E-state index is 13.0. The maximum Gasteiger partial charge on any atom is 0.118 e. The van der Waals surface area contributed by atoms with Crippen LogP contribution >= 0.6 is 0 Å². The molecule has 106 valence electrons. The largest absolute Gasteiger partial charge is 0.207 e. The topological polar surface area (TPSA) is 0 Å². The van der Waals surface area contributed by atoms with E-state index in [1.807, 2.05) is 13.0 Å². The molecule has 0 bridgehead atoms. The molecule has 0 amide bonds. The van der Waals surface area contributed by atoms with Crippen LogP contribution in [0.25, 0.3) is 0 Å². The summed E-state index contributed by atoms with van der Waals surface area (Å²) in [6, 6.07) is 0. The molecule has 0 radical (unpaired) electrons. The van der Waals surface area contributed by atoms with E-state index in [-0.39, 0.29) is 5.83 Å². The fourth-order valence-electron chi connectivity index (χ4n) is 2.03. The van der Waals surface area contributed by atoms with Crippen molar-refractivity contribution >= 4 is 0 Å². The summed E-state index contributed by atoms with van der Waals surface area (Å²) in [6.07, 6.45) is 19.1. The van der Waals surface area contributed by atoms with Crippen LogP contribution in [-0.2, 0) is 0 Å². The van der Waals surface area contributed by atoms with E-state index in [9.17, 15) is 4.39 Å². The van der Waals surface area contributed by atoms with Gasteiger partial charge in [0.15, 0.2) is 0 Å². The number of unbranched alkanes of at least 4 members (excludes halogenated alkanes) is 9. The Morgan fingerprint density at radius 3 is 1.94 bits per heavy atom. The summed E-state index contributed by atoms with van der Waals surface area (Å²) < 4.78 is 13.0. The third-order valence-corrected chi connectivity index (χ3v) is 3.15. The fraction of sp³-hybridized carbons (Fsp3) is 0.765. The maximum absolute atomic E-state index is 13.0. The van der Waals surface area contributed by atoms with Crippen molar-refractivity contribution in [3.63, 3.8) is 0 Å². The van der Waals surface area contributed by atoms with Crippen molar-refractivity contribution in [1.82, 2.24) is 0 Å². The molecule has 0 heterocycles. The van der Waals surface area contributed by atoms with Crippen molar-refractivity contribution in [2.45, 2.75) is 84.5 Å². The third-order valence-electron chi connectivity index (χ3n) is 3.15. The minimum atomic E-state index is -0.0894. The second-order valence-corrected chi connectivity index (χ2v) is 5.02. The molecule has 0 aromatic rings. The van der Waals surface area contributed by atoms with Crippen molar-refractivity contribution < 1.29 is 4.39 Å². The molecular formula is C17H31F. The zero-order valence-electron chi connectivity index (χ0n) is 12.4. The van der Waals surface area contributed by atoms with E-state index in [0.29, 0.717) is 0 Å². The van der Waals surface area contributed by atoms with Gasteiger partial charge in [0.25, 0.3) is 0 Å². The molecule has 0 aliphatic carbocycles. The Hall–Kier alpha value is -0.590. The highest BCUT2D eigenvalue weighted by atomic mass is 19.1. The Morgan fingerprint density at radius 1 is 0.833 bits per heavy atom. The molecule has 0 aliphatic heterocycles. The van der Waals surface area contributed by atoms with E-state index in [1.165, 1.54) is 57.8 Å². The van der Waals surface area contributed by atoms with Gasteiger partial charge in [0.05, 0.1) is 0 Å². The first-order valence-corrected chi connectivity index (χ1v) is 7.83. The first kappa shape index (κ1) is 17.4. The van der Waals surface area contributed by atoms with E-state index < -0.39 is 0 Å². The quantitative estimate of drug-likeness (QED) is 0.267. The molecule has 0 saturated heterocycles. The van der Waals surface area contributed by atoms with E-state index in [4.69, 9.17) is 0 Å². The Kier molecular flexibility index (Phi) is 14.0. The second kappa shape index (κ2) is 14.5. The minimum absolute atomic E-state index is 0.0894. The lowest BCUT2D eigenvalue weighted by Gasteiger charge is -2.00. The average molecular weight is 254 g/mol. The van der Waals surface area contributed by atoms with Gasteiger partial charge in [0.1, 0.15) is 5.83 Å². The molecular weight excluding hydrogens is 223 g/mol. The molecule has 0 rings (SSSR count). The van der Waals surface area contributed by atoms with Gasteiger partial charge < -0.3 is 0 Å². The standard InChI is InChI=1S/C17H31F/c1-3-5-6-7-8-9-10-11-12-13-14-16-17(18)15-4-2/h14-16H,3-13H2,1-2H3/b16-14-,17-15+. The average Bonchev–Trinajstić information content (AvgIpc) is 2.36. The van der Waals surface area contributed by atoms with E-state index >= 15 is 0 Å². The van der Waals surface area contributed by atoms with Crippen molar-refractivity contribution in [3.8, 4) is 0 Å². The van der Waals surface area contributed by atoms with Crippen LogP contribution in [-0.4, -0.2) is 0 Å². The van der Waals surface area contributed by atoms with Gasteiger partial charge in [-0.3, -0.25) is 0 Å². The van der Waals surface area contributed by atoms with Crippen LogP contribution in [0.1, 0.15) is 84.5 Å². The van der Waals surface area contributed by atoms with Gasteiger partial charge in [-0.1, -0.05) is 71.3 Å². The lowest BCUT2D eigenvalue weighted by molar-refractivity contribution is 0.566. The molecule has 0 nitrogen and oxygen atoms in total. The first-order chi connectivity index (χ1) is 8.81. The highest BCUT2D eigenvalue weighted by Gasteiger charge is 1.91. The van der Waals surface area contributed by atoms with Gasteiger partial charge >= 0.3 is 0 Å². The number of hydrogen-bond donors (Lipinski definition) is 0. The van der Waals surface area contributed by atoms with Gasteiger partial charge in [-0.05, 0) is 31.4 Å². The Bertz CT molecular complexity index is 216. The van der Waals surface area contributed by atoms with E-state index in [2.05, 4.69) is 6.92 Å². The zero-order chi connectivity index (χ0) is 13.5. The highest BCUT2D eigenvalue weighted by Crippen LogP contribution is 2.11. The summed E-state index contributed by atoms with van der Waals surface area (Å²) in [5.41, 5.74) is 0. The van der Waals surface area contributed by atoms with E-state index in [1.54, 1.807) is 12.2 Å². The number of rotatable bonds is 12. The molecule has 0 aliphatic rings. The SMILES string of the molecule is CC/C=C(F)\C=C/CCCCCCCCCCC. The normalized spacial score (nSPS) is 12.5. The molecule has 0 atom stereocenters. The zero-order valence-corrected chi connectivity index (χ0v) is 12.4. The molecule has 0 unspecified atom stereocenters. The van der Waals surface area contributed by atoms with Crippen LogP contribution in [0, 0.1) is 0 Å². The molecule has 0 saturated carbocycles. The molecule has 0 fully saturated rings. The molecule has 0 N–H and O–H groups in total. The van der Waals surface area contributed by atoms with E-state index in [0.717, 1.165) is 12.8 Å². The summed E-state index contributed by atoms with van der Waals surface area (Å²) in [7, 11) is 0. The monoisotopic (exact) mass is 254 g/mol. The Morgan fingerprint density at radius 2 is 1.39 bits per heavy atom. The number of allylic oxidation sites excluding steroid dienone is 4. The van der Waals surface area contributed by atoms with Crippen molar-refractivity contribution in [3.05, 3.63) is 24.1 Å². The molecule has 0 spiro atoms. The summed E-state index contributed by atoms with van der Waals surface area (Å²) in [4.78, 5) is 0.